The molecule has 0 aliphatic carbocycles. The van der Waals surface area contributed by atoms with Crippen LogP contribution in [-0.4, -0.2) is 33.4 Å². The van der Waals surface area contributed by atoms with Gasteiger partial charge in [-0.3, -0.25) is 5.10 Å². The van der Waals surface area contributed by atoms with E-state index >= 15 is 0 Å². The second-order valence-electron chi connectivity index (χ2n) is 5.89. The van der Waals surface area contributed by atoms with Gasteiger partial charge in [-0.05, 0) is 42.5 Å². The molecule has 0 saturated carbocycles. The van der Waals surface area contributed by atoms with Crippen molar-refractivity contribution >= 4 is 32.9 Å². The zero-order valence-electron chi connectivity index (χ0n) is 14.2. The van der Waals surface area contributed by atoms with E-state index in [4.69, 9.17) is 4.74 Å². The Balaban J connectivity index is 1.90. The molecule has 4 rings (SSSR count). The van der Waals surface area contributed by atoms with E-state index in [9.17, 15) is 9.90 Å². The van der Waals surface area contributed by atoms with Crippen LogP contribution >= 0.6 is 15.9 Å². The van der Waals surface area contributed by atoms with Crippen molar-refractivity contribution in [2.75, 3.05) is 7.11 Å². The standard InChI is InChI=1S/C20H14BrN3O3/c1-27-14-8-4-11(5-9-14)16-10-15(20(25)26)17-18(23-24-19(17)22-16)12-2-6-13(21)7-3-12/h2-10H,1H3,(H,25,26)(H,22,23,24). The summed E-state index contributed by atoms with van der Waals surface area (Å²) in [5.74, 6) is -0.312. The molecule has 6 nitrogen and oxygen atoms in total. The van der Waals surface area contributed by atoms with E-state index in [1.165, 1.54) is 0 Å². The highest BCUT2D eigenvalue weighted by molar-refractivity contribution is 9.10. The Labute approximate surface area is 163 Å². The van der Waals surface area contributed by atoms with E-state index in [1.807, 2.05) is 36.4 Å². The van der Waals surface area contributed by atoms with Crippen LogP contribution in [0.4, 0.5) is 0 Å². The number of halogens is 1. The van der Waals surface area contributed by atoms with E-state index < -0.39 is 5.97 Å². The molecule has 0 bridgehead atoms. The van der Waals surface area contributed by atoms with Crippen LogP contribution in [0.1, 0.15) is 10.4 Å². The molecule has 0 radical (unpaired) electrons. The number of aromatic carboxylic acids is 1. The fourth-order valence-corrected chi connectivity index (χ4v) is 3.19. The molecule has 2 heterocycles. The number of ether oxygens (including phenoxy) is 1. The Bertz CT molecular complexity index is 1140. The van der Waals surface area contributed by atoms with Crippen molar-refractivity contribution in [3.8, 4) is 28.3 Å². The van der Waals surface area contributed by atoms with Gasteiger partial charge in [-0.25, -0.2) is 9.78 Å². The van der Waals surface area contributed by atoms with Crippen molar-refractivity contribution < 1.29 is 14.6 Å². The number of carboxylic acid groups (broad SMARTS) is 1. The molecular formula is C20H14BrN3O3. The zero-order chi connectivity index (χ0) is 19.0. The molecule has 0 unspecified atom stereocenters. The van der Waals surface area contributed by atoms with Gasteiger partial charge in [0.2, 0.25) is 0 Å². The molecule has 0 aliphatic heterocycles. The highest BCUT2D eigenvalue weighted by Crippen LogP contribution is 2.32. The van der Waals surface area contributed by atoms with E-state index in [1.54, 1.807) is 25.3 Å². The minimum Gasteiger partial charge on any atom is -0.497 e. The van der Waals surface area contributed by atoms with E-state index in [0.717, 1.165) is 21.3 Å². The number of benzene rings is 2. The number of nitrogens with one attached hydrogen (secondary N) is 1. The second kappa shape index (κ2) is 6.85. The van der Waals surface area contributed by atoms with Gasteiger partial charge in [0.05, 0.1) is 29.4 Å². The largest absolute Gasteiger partial charge is 0.497 e. The van der Waals surface area contributed by atoms with Crippen LogP contribution in [0.15, 0.2) is 59.1 Å². The van der Waals surface area contributed by atoms with Gasteiger partial charge < -0.3 is 9.84 Å². The fraction of sp³-hybridized carbons (Fsp3) is 0.0500. The average Bonchev–Trinajstić information content (AvgIpc) is 3.12. The Morgan fingerprint density at radius 2 is 1.74 bits per heavy atom. The maximum absolute atomic E-state index is 11.9. The molecule has 2 N–H and O–H groups in total. The van der Waals surface area contributed by atoms with Gasteiger partial charge in [0.25, 0.3) is 0 Å². The van der Waals surface area contributed by atoms with Gasteiger partial charge >= 0.3 is 5.97 Å². The van der Waals surface area contributed by atoms with Crippen LogP contribution in [0.25, 0.3) is 33.5 Å². The van der Waals surface area contributed by atoms with Crippen LogP contribution < -0.4 is 4.74 Å². The first-order valence-electron chi connectivity index (χ1n) is 8.09. The number of nitrogens with zero attached hydrogens (tertiary/aromatic N) is 2. The van der Waals surface area contributed by atoms with Gasteiger partial charge in [-0.1, -0.05) is 28.1 Å². The number of hydrogen-bond acceptors (Lipinski definition) is 4. The van der Waals surface area contributed by atoms with Crippen molar-refractivity contribution in [1.82, 2.24) is 15.2 Å². The van der Waals surface area contributed by atoms with Crippen LogP contribution in [0, 0.1) is 0 Å². The third-order valence-corrected chi connectivity index (χ3v) is 4.80. The molecule has 0 saturated heterocycles. The number of methoxy groups -OCH3 is 1. The van der Waals surface area contributed by atoms with Gasteiger partial charge in [0, 0.05) is 15.6 Å². The molecule has 134 valence electrons. The highest BCUT2D eigenvalue weighted by Gasteiger charge is 2.19. The number of hydrogen-bond donors (Lipinski definition) is 2. The van der Waals surface area contributed by atoms with Crippen molar-refractivity contribution in [2.45, 2.75) is 0 Å². The lowest BCUT2D eigenvalue weighted by Gasteiger charge is -2.06. The molecule has 2 aromatic carbocycles. The van der Waals surface area contributed by atoms with Crippen molar-refractivity contribution in [3.63, 3.8) is 0 Å². The second-order valence-corrected chi connectivity index (χ2v) is 6.81. The summed E-state index contributed by atoms with van der Waals surface area (Å²) in [4.78, 5) is 16.5. The number of rotatable bonds is 4. The van der Waals surface area contributed by atoms with E-state index in [-0.39, 0.29) is 5.56 Å². The number of carboxylic acids is 1. The Morgan fingerprint density at radius 3 is 2.37 bits per heavy atom. The molecular weight excluding hydrogens is 410 g/mol. The summed E-state index contributed by atoms with van der Waals surface area (Å²) in [6, 6.07) is 16.4. The van der Waals surface area contributed by atoms with Gasteiger partial charge in [-0.2, -0.15) is 5.10 Å². The Hall–Kier alpha value is -3.19. The maximum Gasteiger partial charge on any atom is 0.336 e. The summed E-state index contributed by atoms with van der Waals surface area (Å²) in [6.45, 7) is 0. The lowest BCUT2D eigenvalue weighted by molar-refractivity contribution is 0.0699. The highest BCUT2D eigenvalue weighted by atomic mass is 79.9. The van der Waals surface area contributed by atoms with Crippen LogP contribution in [0.2, 0.25) is 0 Å². The topological polar surface area (TPSA) is 88.1 Å². The van der Waals surface area contributed by atoms with Crippen molar-refractivity contribution in [2.24, 2.45) is 0 Å². The summed E-state index contributed by atoms with van der Waals surface area (Å²) in [5.41, 5.74) is 3.30. The normalized spacial score (nSPS) is 10.9. The molecule has 0 spiro atoms. The molecule has 7 heteroatoms. The van der Waals surface area contributed by atoms with Crippen LogP contribution in [0.5, 0.6) is 5.75 Å². The molecule has 0 aliphatic rings. The van der Waals surface area contributed by atoms with Crippen molar-refractivity contribution in [1.29, 1.82) is 0 Å². The maximum atomic E-state index is 11.9. The van der Waals surface area contributed by atoms with Crippen molar-refractivity contribution in [3.05, 3.63) is 64.6 Å². The summed E-state index contributed by atoms with van der Waals surface area (Å²) in [5, 5.41) is 17.4. The van der Waals surface area contributed by atoms with Crippen LogP contribution in [-0.2, 0) is 0 Å². The minimum atomic E-state index is -1.03. The first-order chi connectivity index (χ1) is 13.1. The molecule has 27 heavy (non-hydrogen) atoms. The monoisotopic (exact) mass is 423 g/mol. The lowest BCUT2D eigenvalue weighted by Crippen LogP contribution is -2.00. The molecule has 0 fully saturated rings. The summed E-state index contributed by atoms with van der Waals surface area (Å²) in [7, 11) is 1.59. The van der Waals surface area contributed by atoms with Gasteiger partial charge in [0.1, 0.15) is 5.75 Å². The molecule has 4 aromatic rings. The third kappa shape index (κ3) is 3.17. The summed E-state index contributed by atoms with van der Waals surface area (Å²) >= 11 is 3.40. The number of pyridine rings is 1. The Morgan fingerprint density at radius 1 is 1.07 bits per heavy atom. The third-order valence-electron chi connectivity index (χ3n) is 4.27. The lowest BCUT2D eigenvalue weighted by atomic mass is 10.0. The molecule has 0 amide bonds. The number of aromatic amines is 1. The van der Waals surface area contributed by atoms with E-state index in [0.29, 0.717) is 22.4 Å². The summed E-state index contributed by atoms with van der Waals surface area (Å²) < 4.78 is 6.10. The molecule has 2 aromatic heterocycles. The minimum absolute atomic E-state index is 0.150. The number of H-pyrrole nitrogens is 1. The predicted octanol–water partition coefficient (Wildman–Crippen LogP) is 4.76. The average molecular weight is 424 g/mol. The smallest absolute Gasteiger partial charge is 0.336 e. The predicted molar refractivity (Wildman–Crippen MR) is 106 cm³/mol. The first kappa shape index (κ1) is 17.2. The fourth-order valence-electron chi connectivity index (χ4n) is 2.93. The van der Waals surface area contributed by atoms with Gasteiger partial charge in [0.15, 0.2) is 5.65 Å². The number of carbonyl (C=O) groups is 1. The first-order valence-corrected chi connectivity index (χ1v) is 8.89. The Kier molecular flexibility index (Phi) is 4.37. The molecule has 0 atom stereocenters. The quantitative estimate of drug-likeness (QED) is 0.493. The summed E-state index contributed by atoms with van der Waals surface area (Å²) in [6.07, 6.45) is 0. The van der Waals surface area contributed by atoms with Crippen LogP contribution in [0.3, 0.4) is 0 Å². The van der Waals surface area contributed by atoms with E-state index in [2.05, 4.69) is 31.1 Å². The zero-order valence-corrected chi connectivity index (χ0v) is 15.8. The number of fused-ring (bicyclic) bond motifs is 1. The van der Waals surface area contributed by atoms with Gasteiger partial charge in [-0.15, -0.1) is 0 Å². The SMILES string of the molecule is COc1ccc(-c2cc(C(=O)O)c3c(-c4ccc(Br)cc4)[nH]nc3n2)cc1. The number of aromatic nitrogens is 3.